The lowest BCUT2D eigenvalue weighted by Crippen LogP contribution is -2.22. The average Bonchev–Trinajstić information content (AvgIpc) is 2.35. The maximum Gasteiger partial charge on any atom is 0.572 e. The first kappa shape index (κ1) is 12.8. The normalized spacial score (nSPS) is 11.9. The van der Waals surface area contributed by atoms with Crippen molar-refractivity contribution in [1.29, 1.82) is 0 Å². The molecule has 1 rings (SSSR count). The van der Waals surface area contributed by atoms with Crippen molar-refractivity contribution in [2.45, 2.75) is 6.10 Å². The minimum Gasteiger partial charge on any atom is -0.537 e. The first-order valence-corrected chi connectivity index (χ1v) is 4.87. The van der Waals surface area contributed by atoms with Gasteiger partial charge in [0.1, 0.15) is 5.75 Å². The third kappa shape index (κ3) is 4.48. The van der Waals surface area contributed by atoms with Gasteiger partial charge in [0, 0.05) is 0 Å². The molecule has 1 radical (unpaired) electrons. The van der Waals surface area contributed by atoms with E-state index in [0.29, 0.717) is 5.75 Å². The van der Waals surface area contributed by atoms with Crippen molar-refractivity contribution < 1.29 is 19.5 Å². The number of aliphatic hydroxyl groups is 2. The summed E-state index contributed by atoms with van der Waals surface area (Å²) in [6.07, 6.45) is 0.852. The van der Waals surface area contributed by atoms with Crippen LogP contribution in [0.5, 0.6) is 5.75 Å². The van der Waals surface area contributed by atoms with Crippen LogP contribution < -0.4 is 4.65 Å². The van der Waals surface area contributed by atoms with Crippen molar-refractivity contribution in [3.05, 3.63) is 36.4 Å². The predicted octanol–water partition coefficient (Wildman–Crippen LogP) is 0.612. The fourth-order valence-electron chi connectivity index (χ4n) is 0.975. The summed E-state index contributed by atoms with van der Waals surface area (Å²) in [6.45, 7) is 3.31. The Morgan fingerprint density at radius 2 is 2.06 bits per heavy atom. The Morgan fingerprint density at radius 3 is 2.62 bits per heavy atom. The van der Waals surface area contributed by atoms with Crippen LogP contribution in [0.3, 0.4) is 0 Å². The van der Waals surface area contributed by atoms with Crippen LogP contribution in [0.4, 0.5) is 0 Å². The van der Waals surface area contributed by atoms with Crippen LogP contribution in [-0.2, 0) is 4.65 Å². The minimum atomic E-state index is -0.886. The van der Waals surface area contributed by atoms with Gasteiger partial charge in [-0.2, -0.15) is 0 Å². The van der Waals surface area contributed by atoms with Crippen LogP contribution in [0.15, 0.2) is 30.8 Å². The molecule has 16 heavy (non-hydrogen) atoms. The molecule has 0 saturated carbocycles. The highest BCUT2D eigenvalue weighted by Crippen LogP contribution is 2.12. The van der Waals surface area contributed by atoms with Gasteiger partial charge in [0.05, 0.1) is 19.3 Å². The second-order valence-electron chi connectivity index (χ2n) is 3.16. The fourth-order valence-corrected chi connectivity index (χ4v) is 0.975. The lowest BCUT2D eigenvalue weighted by molar-refractivity contribution is 0.0507. The number of aliphatic hydroxyl groups excluding tert-OH is 2. The molecule has 4 nitrogen and oxygen atoms in total. The van der Waals surface area contributed by atoms with Crippen LogP contribution in [0.2, 0.25) is 0 Å². The highest BCUT2D eigenvalue weighted by Gasteiger charge is 2.04. The molecule has 5 heteroatoms. The lowest BCUT2D eigenvalue weighted by atomic mass is 10.2. The van der Waals surface area contributed by atoms with E-state index in [1.54, 1.807) is 18.2 Å². The molecule has 0 aliphatic heterocycles. The molecule has 2 N–H and O–H groups in total. The Bertz CT molecular complexity index is 312. The van der Waals surface area contributed by atoms with E-state index < -0.39 is 6.10 Å². The van der Waals surface area contributed by atoms with Crippen molar-refractivity contribution in [2.24, 2.45) is 0 Å². The van der Waals surface area contributed by atoms with Gasteiger partial charge in [0.15, 0.2) is 0 Å². The number of hydrogen-bond acceptors (Lipinski definition) is 4. The summed E-state index contributed by atoms with van der Waals surface area (Å²) in [7, 11) is 1.13. The van der Waals surface area contributed by atoms with E-state index in [0.717, 1.165) is 13.2 Å². The number of hydrogen-bond donors (Lipinski definition) is 2. The van der Waals surface area contributed by atoms with Gasteiger partial charge in [0.2, 0.25) is 0 Å². The van der Waals surface area contributed by atoms with E-state index in [9.17, 15) is 0 Å². The molecule has 0 saturated heterocycles. The van der Waals surface area contributed by atoms with Crippen LogP contribution in [0, 0.1) is 0 Å². The Hall–Kier alpha value is -1.30. The SMILES string of the molecule is C=Cc1ccc(O[B]OCC(O)CO)cc1. The van der Waals surface area contributed by atoms with Crippen LogP contribution in [0.25, 0.3) is 6.08 Å². The van der Waals surface area contributed by atoms with Crippen molar-refractivity contribution in [3.8, 4) is 5.75 Å². The van der Waals surface area contributed by atoms with Crippen molar-refractivity contribution in [1.82, 2.24) is 0 Å². The van der Waals surface area contributed by atoms with Gasteiger partial charge in [-0.15, -0.1) is 0 Å². The van der Waals surface area contributed by atoms with Crippen molar-refractivity contribution in [3.63, 3.8) is 0 Å². The molecule has 1 aromatic rings. The topological polar surface area (TPSA) is 58.9 Å². The zero-order valence-corrected chi connectivity index (χ0v) is 8.87. The van der Waals surface area contributed by atoms with E-state index >= 15 is 0 Å². The Labute approximate surface area is 95.4 Å². The number of benzene rings is 1. The molecule has 0 heterocycles. The molecule has 0 spiro atoms. The van der Waals surface area contributed by atoms with Crippen LogP contribution in [-0.4, -0.2) is 37.2 Å². The molecule has 1 atom stereocenters. The molecule has 1 aromatic carbocycles. The zero-order chi connectivity index (χ0) is 11.8. The molecule has 1 unspecified atom stereocenters. The molecule has 0 aliphatic rings. The second kappa shape index (κ2) is 7.06. The van der Waals surface area contributed by atoms with Gasteiger partial charge >= 0.3 is 7.69 Å². The smallest absolute Gasteiger partial charge is 0.537 e. The summed E-state index contributed by atoms with van der Waals surface area (Å²) in [4.78, 5) is 0. The summed E-state index contributed by atoms with van der Waals surface area (Å²) < 4.78 is 10.00. The summed E-state index contributed by atoms with van der Waals surface area (Å²) in [5.74, 6) is 0.629. The lowest BCUT2D eigenvalue weighted by Gasteiger charge is -2.08. The first-order valence-electron chi connectivity index (χ1n) is 4.87. The van der Waals surface area contributed by atoms with E-state index in [2.05, 4.69) is 6.58 Å². The predicted molar refractivity (Wildman–Crippen MR) is 62.0 cm³/mol. The van der Waals surface area contributed by atoms with Gasteiger partial charge in [0.25, 0.3) is 0 Å². The summed E-state index contributed by atoms with van der Waals surface area (Å²) >= 11 is 0. The zero-order valence-electron chi connectivity index (χ0n) is 8.87. The largest absolute Gasteiger partial charge is 0.572 e. The molecular weight excluding hydrogens is 207 g/mol. The Morgan fingerprint density at radius 1 is 1.38 bits per heavy atom. The van der Waals surface area contributed by atoms with E-state index in [1.165, 1.54) is 0 Å². The van der Waals surface area contributed by atoms with Gasteiger partial charge in [-0.3, -0.25) is 0 Å². The van der Waals surface area contributed by atoms with Gasteiger partial charge in [-0.25, -0.2) is 0 Å². The van der Waals surface area contributed by atoms with Crippen LogP contribution >= 0.6 is 0 Å². The van der Waals surface area contributed by atoms with Crippen LogP contribution in [0.1, 0.15) is 5.56 Å². The summed E-state index contributed by atoms with van der Waals surface area (Å²) in [6, 6.07) is 7.27. The molecule has 85 valence electrons. The quantitative estimate of drug-likeness (QED) is 0.523. The maximum absolute atomic E-state index is 8.96. The monoisotopic (exact) mass is 221 g/mol. The Kier molecular flexibility index (Phi) is 5.63. The van der Waals surface area contributed by atoms with Gasteiger partial charge in [-0.1, -0.05) is 24.8 Å². The van der Waals surface area contributed by atoms with Gasteiger partial charge < -0.3 is 19.5 Å². The fraction of sp³-hybridized carbons (Fsp3) is 0.273. The molecule has 0 amide bonds. The number of rotatable bonds is 7. The molecule has 0 bridgehead atoms. The standard InChI is InChI=1S/C11H14BO4/c1-2-9-3-5-11(6-4-9)16-12-15-8-10(14)7-13/h2-6,10,13-14H,1,7-8H2. The van der Waals surface area contributed by atoms with E-state index in [1.807, 2.05) is 12.1 Å². The highest BCUT2D eigenvalue weighted by molar-refractivity contribution is 6.19. The van der Waals surface area contributed by atoms with E-state index in [4.69, 9.17) is 19.5 Å². The summed E-state index contributed by atoms with van der Waals surface area (Å²) in [5, 5.41) is 17.5. The Balaban J connectivity index is 2.24. The summed E-state index contributed by atoms with van der Waals surface area (Å²) in [5.41, 5.74) is 1.00. The molecule has 0 fully saturated rings. The second-order valence-corrected chi connectivity index (χ2v) is 3.16. The first-order chi connectivity index (χ1) is 7.76. The average molecular weight is 221 g/mol. The highest BCUT2D eigenvalue weighted by atomic mass is 16.6. The third-order valence-corrected chi connectivity index (χ3v) is 1.87. The van der Waals surface area contributed by atoms with Gasteiger partial charge in [-0.05, 0) is 17.7 Å². The third-order valence-electron chi connectivity index (χ3n) is 1.87. The maximum atomic E-state index is 8.96. The molecule has 0 aromatic heterocycles. The van der Waals surface area contributed by atoms with Crippen molar-refractivity contribution in [2.75, 3.05) is 13.2 Å². The van der Waals surface area contributed by atoms with Crippen molar-refractivity contribution >= 4 is 13.8 Å². The minimum absolute atomic E-state index is 0.00123. The van der Waals surface area contributed by atoms with E-state index in [-0.39, 0.29) is 13.2 Å². The molecular formula is C11H14BO4. The molecule has 0 aliphatic carbocycles.